The number of halogens is 6. The van der Waals surface area contributed by atoms with E-state index in [4.69, 9.17) is 10.00 Å². The van der Waals surface area contributed by atoms with Crippen LogP contribution in [0.4, 0.5) is 26.3 Å². The molecule has 8 heteroatoms. The molecular weight excluding hydrogens is 468 g/mol. The highest BCUT2D eigenvalue weighted by molar-refractivity contribution is 5.63. The molecule has 0 aromatic heterocycles. The maximum atomic E-state index is 14.8. The lowest BCUT2D eigenvalue weighted by atomic mass is 9.78. The summed E-state index contributed by atoms with van der Waals surface area (Å²) in [5.74, 6) is -7.70. The number of allylic oxidation sites excluding steroid dienone is 2. The van der Waals surface area contributed by atoms with Crippen molar-refractivity contribution < 1.29 is 31.1 Å². The lowest BCUT2D eigenvalue weighted by molar-refractivity contribution is 0.254. The van der Waals surface area contributed by atoms with Crippen LogP contribution < -0.4 is 0 Å². The quantitative estimate of drug-likeness (QED) is 0.287. The fourth-order valence-electron chi connectivity index (χ4n) is 4.14. The van der Waals surface area contributed by atoms with Crippen molar-refractivity contribution in [2.45, 2.75) is 38.5 Å². The molecule has 0 amide bonds. The van der Waals surface area contributed by atoms with Gasteiger partial charge in [0, 0.05) is 17.0 Å². The maximum absolute atomic E-state index is 14.8. The summed E-state index contributed by atoms with van der Waals surface area (Å²) < 4.78 is 89.9. The van der Waals surface area contributed by atoms with E-state index >= 15 is 0 Å². The average Bonchev–Trinajstić information content (AvgIpc) is 2.87. The van der Waals surface area contributed by atoms with Crippen molar-refractivity contribution in [3.8, 4) is 6.07 Å². The van der Waals surface area contributed by atoms with E-state index in [0.29, 0.717) is 37.8 Å². The Hall–Kier alpha value is -3.47. The molecule has 1 saturated carbocycles. The lowest BCUT2D eigenvalue weighted by Crippen LogP contribution is -2.14. The molecule has 0 heterocycles. The van der Waals surface area contributed by atoms with Crippen LogP contribution >= 0.6 is 0 Å². The molecule has 0 aliphatic heterocycles. The first-order chi connectivity index (χ1) is 16.8. The Morgan fingerprint density at radius 1 is 0.943 bits per heavy atom. The molecule has 0 spiro atoms. The number of benzene rings is 2. The summed E-state index contributed by atoms with van der Waals surface area (Å²) >= 11 is 0. The van der Waals surface area contributed by atoms with Crippen molar-refractivity contribution >= 4 is 11.7 Å². The minimum Gasteiger partial charge on any atom is -0.494 e. The second kappa shape index (κ2) is 11.8. The van der Waals surface area contributed by atoms with Gasteiger partial charge in [-0.15, -0.1) is 0 Å². The van der Waals surface area contributed by atoms with Crippen molar-refractivity contribution in [2.75, 3.05) is 6.61 Å². The van der Waals surface area contributed by atoms with Gasteiger partial charge in [-0.2, -0.15) is 5.26 Å². The van der Waals surface area contributed by atoms with Crippen LogP contribution in [0, 0.1) is 28.9 Å². The maximum Gasteiger partial charge on any atom is 0.173 e. The van der Waals surface area contributed by atoms with Crippen LogP contribution in [0.2, 0.25) is 0 Å². The Morgan fingerprint density at radius 3 is 2.09 bits per heavy atom. The molecule has 0 radical (unpaired) electrons. The second-order valence-corrected chi connectivity index (χ2v) is 8.26. The molecule has 0 saturated heterocycles. The molecule has 0 unspecified atom stereocenters. The zero-order valence-electron chi connectivity index (χ0n) is 18.9. The van der Waals surface area contributed by atoms with Crippen molar-refractivity contribution in [3.05, 3.63) is 94.3 Å². The van der Waals surface area contributed by atoms with Gasteiger partial charge in [0.15, 0.2) is 17.5 Å². The van der Waals surface area contributed by atoms with Gasteiger partial charge in [-0.3, -0.25) is 0 Å². The second-order valence-electron chi connectivity index (χ2n) is 8.26. The van der Waals surface area contributed by atoms with Gasteiger partial charge in [0.1, 0.15) is 35.7 Å². The summed E-state index contributed by atoms with van der Waals surface area (Å²) in [7, 11) is 0. The van der Waals surface area contributed by atoms with E-state index in [1.807, 2.05) is 0 Å². The normalized spacial score (nSPS) is 19.7. The van der Waals surface area contributed by atoms with Crippen molar-refractivity contribution in [3.63, 3.8) is 0 Å². The van der Waals surface area contributed by atoms with Gasteiger partial charge >= 0.3 is 0 Å². The molecule has 1 aliphatic carbocycles. The number of ether oxygens (including phenoxy) is 1. The van der Waals surface area contributed by atoms with Crippen molar-refractivity contribution in [1.82, 2.24) is 0 Å². The zero-order chi connectivity index (χ0) is 25.5. The zero-order valence-corrected chi connectivity index (χ0v) is 18.9. The molecule has 1 aliphatic rings. The molecule has 1 fully saturated rings. The Morgan fingerprint density at radius 2 is 1.54 bits per heavy atom. The largest absolute Gasteiger partial charge is 0.494 e. The molecule has 0 atom stereocenters. The van der Waals surface area contributed by atoms with Crippen molar-refractivity contribution in [1.29, 1.82) is 5.26 Å². The topological polar surface area (TPSA) is 33.0 Å². The van der Waals surface area contributed by atoms with Gasteiger partial charge in [-0.1, -0.05) is 30.3 Å². The summed E-state index contributed by atoms with van der Waals surface area (Å²) in [4.78, 5) is 0. The van der Waals surface area contributed by atoms with Crippen LogP contribution in [0.5, 0.6) is 0 Å². The van der Waals surface area contributed by atoms with E-state index < -0.39 is 58.6 Å². The highest BCUT2D eigenvalue weighted by Gasteiger charge is 2.28. The lowest BCUT2D eigenvalue weighted by Gasteiger charge is -2.28. The number of rotatable bonds is 7. The minimum atomic E-state index is -1.34. The number of hydrogen-bond acceptors (Lipinski definition) is 2. The molecule has 2 aromatic rings. The molecule has 184 valence electrons. The summed E-state index contributed by atoms with van der Waals surface area (Å²) in [5, 5.41) is 8.71. The molecule has 0 bridgehead atoms. The fourth-order valence-corrected chi connectivity index (χ4v) is 4.14. The molecule has 2 nitrogen and oxygen atoms in total. The first kappa shape index (κ1) is 26.1. The predicted molar refractivity (Wildman–Crippen MR) is 121 cm³/mol. The van der Waals surface area contributed by atoms with Crippen molar-refractivity contribution in [2.24, 2.45) is 5.92 Å². The summed E-state index contributed by atoms with van der Waals surface area (Å²) in [6.07, 6.45) is 4.46. The van der Waals surface area contributed by atoms with Crippen LogP contribution in [0.25, 0.3) is 11.7 Å². The molecule has 2 aromatic carbocycles. The van der Waals surface area contributed by atoms with E-state index in [1.165, 1.54) is 24.5 Å². The van der Waals surface area contributed by atoms with Gasteiger partial charge in [0.2, 0.25) is 0 Å². The Bertz CT molecular complexity index is 1160. The van der Waals surface area contributed by atoms with Crippen LogP contribution in [0.15, 0.2) is 60.4 Å². The average molecular weight is 491 g/mol. The Balaban J connectivity index is 1.66. The summed E-state index contributed by atoms with van der Waals surface area (Å²) in [6, 6.07) is 8.81. The van der Waals surface area contributed by atoms with E-state index in [0.717, 1.165) is 5.56 Å². The molecule has 3 rings (SSSR count). The van der Waals surface area contributed by atoms with E-state index in [2.05, 4.69) is 0 Å². The highest BCUT2D eigenvalue weighted by atomic mass is 19.2. The third-order valence-corrected chi connectivity index (χ3v) is 6.02. The first-order valence-corrected chi connectivity index (χ1v) is 11.1. The van der Waals surface area contributed by atoms with Gasteiger partial charge in [0.05, 0.1) is 6.26 Å². The predicted octanol–water partition coefficient (Wildman–Crippen LogP) is 8.58. The van der Waals surface area contributed by atoms with Crippen LogP contribution in [-0.2, 0) is 4.74 Å². The van der Waals surface area contributed by atoms with Gasteiger partial charge in [0.25, 0.3) is 0 Å². The molecular formula is C27H23F6NO. The third kappa shape index (κ3) is 6.16. The van der Waals surface area contributed by atoms with Crippen LogP contribution in [-0.4, -0.2) is 6.61 Å². The van der Waals surface area contributed by atoms with Gasteiger partial charge < -0.3 is 4.74 Å². The molecule has 35 heavy (non-hydrogen) atoms. The first-order valence-electron chi connectivity index (χ1n) is 11.1. The monoisotopic (exact) mass is 491 g/mol. The van der Waals surface area contributed by atoms with E-state index in [-0.39, 0.29) is 11.5 Å². The highest BCUT2D eigenvalue weighted by Crippen LogP contribution is 2.42. The number of nitrogens with zero attached hydrogens (tertiary/aromatic N) is 1. The van der Waals surface area contributed by atoms with E-state index in [1.54, 1.807) is 25.1 Å². The number of nitriles is 1. The van der Waals surface area contributed by atoms with Crippen LogP contribution in [0.1, 0.15) is 60.8 Å². The summed E-state index contributed by atoms with van der Waals surface area (Å²) in [6.45, 7) is 1.17. The van der Waals surface area contributed by atoms with E-state index in [9.17, 15) is 26.3 Å². The smallest absolute Gasteiger partial charge is 0.173 e. The molecule has 0 N–H and O–H groups in total. The Labute approximate surface area is 199 Å². The number of hydrogen-bond donors (Lipinski definition) is 0. The minimum absolute atomic E-state index is 0.0240. The standard InChI is InChI=1S/C27H23F6NO/c1-2-11-35-15-24(30)25(31)18-7-3-16(4-8-18)17-5-9-19(10-6-17)26(32)27(33)20-12-22(28)21(14-34)23(29)13-20/h2-4,7-8,11-13,17,19H,5-6,9-10,15H2,1H3. The third-order valence-electron chi connectivity index (χ3n) is 6.02. The van der Waals surface area contributed by atoms with Crippen LogP contribution in [0.3, 0.4) is 0 Å². The fraction of sp³-hybridized carbons (Fsp3) is 0.296. The summed E-state index contributed by atoms with van der Waals surface area (Å²) in [5.41, 5.74) is -0.505. The van der Waals surface area contributed by atoms with Gasteiger partial charge in [-0.25, -0.2) is 26.3 Å². The SMILES string of the molecule is CC=COCC(F)=C(F)c1ccc(C2CCC(C(F)=C(F)c3cc(F)c(C#N)c(F)c3)CC2)cc1. The van der Waals surface area contributed by atoms with Gasteiger partial charge in [-0.05, 0) is 56.2 Å². The Kier molecular flexibility index (Phi) is 8.80.